The molecule has 2 aliphatic heterocycles. The van der Waals surface area contributed by atoms with Gasteiger partial charge in [-0.25, -0.2) is 8.78 Å². The molecule has 0 aromatic heterocycles. The first-order chi connectivity index (χ1) is 11.5. The zero-order valence-corrected chi connectivity index (χ0v) is 14.1. The molecule has 24 heavy (non-hydrogen) atoms. The quantitative estimate of drug-likeness (QED) is 0.841. The van der Waals surface area contributed by atoms with Crippen molar-refractivity contribution in [3.63, 3.8) is 0 Å². The molecule has 1 N–H and O–H groups in total. The third kappa shape index (κ3) is 4.23. The van der Waals surface area contributed by atoms with Gasteiger partial charge in [0.2, 0.25) is 0 Å². The molecule has 1 aromatic carbocycles. The van der Waals surface area contributed by atoms with Crippen LogP contribution in [0.25, 0.3) is 0 Å². The van der Waals surface area contributed by atoms with Crippen molar-refractivity contribution in [2.75, 3.05) is 26.2 Å². The van der Waals surface area contributed by atoms with Gasteiger partial charge in [-0.2, -0.15) is 0 Å². The van der Waals surface area contributed by atoms with E-state index in [1.807, 2.05) is 0 Å². The summed E-state index contributed by atoms with van der Waals surface area (Å²) in [7, 11) is 0. The minimum atomic E-state index is -1.07. The predicted molar refractivity (Wildman–Crippen MR) is 87.3 cm³/mol. The summed E-state index contributed by atoms with van der Waals surface area (Å²) in [6.45, 7) is 3.56. The number of nitrogens with one attached hydrogen (secondary N) is 1. The smallest absolute Gasteiger partial charge is 0.253 e. The van der Waals surface area contributed by atoms with Gasteiger partial charge in [-0.15, -0.1) is 0 Å². The number of rotatable bonds is 4. The van der Waals surface area contributed by atoms with E-state index in [0.29, 0.717) is 6.10 Å². The summed E-state index contributed by atoms with van der Waals surface area (Å²) in [5.41, 5.74) is -0.0302. The number of carbonyl (C=O) groups is 1. The normalized spacial score (nSPS) is 22.7. The number of likely N-dealkylation sites (tertiary alicyclic amines) is 1. The van der Waals surface area contributed by atoms with Crippen LogP contribution in [0.4, 0.5) is 8.78 Å². The summed E-state index contributed by atoms with van der Waals surface area (Å²) in [5.74, 6) is -2.59. The van der Waals surface area contributed by atoms with E-state index in [-0.39, 0.29) is 16.6 Å². The number of benzene rings is 1. The lowest BCUT2D eigenvalue weighted by Crippen LogP contribution is -2.46. The van der Waals surface area contributed by atoms with Gasteiger partial charge < -0.3 is 15.0 Å². The van der Waals surface area contributed by atoms with E-state index in [1.54, 1.807) is 0 Å². The molecule has 0 saturated carbocycles. The first-order valence-electron chi connectivity index (χ1n) is 8.32. The van der Waals surface area contributed by atoms with Crippen molar-refractivity contribution in [2.45, 2.75) is 37.8 Å². The maximum atomic E-state index is 13.3. The average molecular weight is 359 g/mol. The van der Waals surface area contributed by atoms with Crippen molar-refractivity contribution in [3.05, 3.63) is 34.4 Å². The summed E-state index contributed by atoms with van der Waals surface area (Å²) in [6, 6.07) is 1.69. The molecular weight excluding hydrogens is 338 g/mol. The Bertz CT molecular complexity index is 600. The molecule has 2 heterocycles. The SMILES string of the molecule is O=C(NC1CCN(C[C@@H]2CCCO2)CC1)c1cc(F)c(F)cc1Cl. The molecule has 0 spiro atoms. The van der Waals surface area contributed by atoms with Gasteiger partial charge in [0.1, 0.15) is 0 Å². The highest BCUT2D eigenvalue weighted by atomic mass is 35.5. The van der Waals surface area contributed by atoms with Crippen LogP contribution in [0.15, 0.2) is 12.1 Å². The number of carbonyl (C=O) groups excluding carboxylic acids is 1. The molecule has 1 amide bonds. The molecule has 0 aliphatic carbocycles. The molecule has 0 radical (unpaired) electrons. The van der Waals surface area contributed by atoms with Gasteiger partial charge in [-0.1, -0.05) is 11.6 Å². The van der Waals surface area contributed by atoms with Crippen LogP contribution in [0.3, 0.4) is 0 Å². The molecule has 4 nitrogen and oxygen atoms in total. The number of halogens is 3. The second-order valence-electron chi connectivity index (χ2n) is 6.43. The molecule has 7 heteroatoms. The molecular formula is C17H21ClF2N2O2. The van der Waals surface area contributed by atoms with E-state index in [2.05, 4.69) is 10.2 Å². The van der Waals surface area contributed by atoms with E-state index in [4.69, 9.17) is 16.3 Å². The standard InChI is InChI=1S/C17H21ClF2N2O2/c18-14-9-16(20)15(19)8-13(14)17(23)21-11-3-5-22(6-4-11)10-12-2-1-7-24-12/h8-9,11-12H,1-7,10H2,(H,21,23)/t12-/m0/s1. The molecule has 2 saturated heterocycles. The molecule has 132 valence electrons. The average Bonchev–Trinajstić information content (AvgIpc) is 3.05. The number of hydrogen-bond donors (Lipinski definition) is 1. The largest absolute Gasteiger partial charge is 0.377 e. The molecule has 2 aliphatic rings. The van der Waals surface area contributed by atoms with Gasteiger partial charge in [-0.05, 0) is 37.8 Å². The first-order valence-corrected chi connectivity index (χ1v) is 8.70. The van der Waals surface area contributed by atoms with Gasteiger partial charge in [0.05, 0.1) is 16.7 Å². The maximum Gasteiger partial charge on any atom is 0.253 e. The van der Waals surface area contributed by atoms with Gasteiger partial charge in [-0.3, -0.25) is 4.79 Å². The van der Waals surface area contributed by atoms with Crippen molar-refractivity contribution in [2.24, 2.45) is 0 Å². The number of ether oxygens (including phenoxy) is 1. The minimum Gasteiger partial charge on any atom is -0.377 e. The van der Waals surface area contributed by atoms with Crippen LogP contribution in [0.5, 0.6) is 0 Å². The molecule has 0 unspecified atom stereocenters. The van der Waals surface area contributed by atoms with Gasteiger partial charge in [0, 0.05) is 32.3 Å². The van der Waals surface area contributed by atoms with Crippen molar-refractivity contribution >= 4 is 17.5 Å². The predicted octanol–water partition coefficient (Wildman–Crippen LogP) is 2.99. The highest BCUT2D eigenvalue weighted by molar-refractivity contribution is 6.33. The van der Waals surface area contributed by atoms with Gasteiger partial charge in [0.15, 0.2) is 11.6 Å². The summed E-state index contributed by atoms with van der Waals surface area (Å²) < 4.78 is 32.0. The lowest BCUT2D eigenvalue weighted by molar-refractivity contribution is 0.0613. The van der Waals surface area contributed by atoms with E-state index in [0.717, 1.165) is 64.1 Å². The number of amides is 1. The summed E-state index contributed by atoms with van der Waals surface area (Å²) in [5, 5.41) is 2.79. The second kappa shape index (κ2) is 7.76. The Hall–Kier alpha value is -1.24. The Labute approximate surface area is 145 Å². The summed E-state index contributed by atoms with van der Waals surface area (Å²) in [6.07, 6.45) is 4.22. The van der Waals surface area contributed by atoms with Gasteiger partial charge in [0.25, 0.3) is 5.91 Å². The minimum absolute atomic E-state index is 0.0161. The lowest BCUT2D eigenvalue weighted by atomic mass is 10.0. The van der Waals surface area contributed by atoms with Crippen LogP contribution in [-0.4, -0.2) is 49.2 Å². The highest BCUT2D eigenvalue weighted by Crippen LogP contribution is 2.21. The third-order valence-corrected chi connectivity index (χ3v) is 4.98. The van der Waals surface area contributed by atoms with Crippen LogP contribution in [-0.2, 0) is 4.74 Å². The zero-order chi connectivity index (χ0) is 17.1. The van der Waals surface area contributed by atoms with E-state index >= 15 is 0 Å². The Morgan fingerprint density at radius 2 is 1.96 bits per heavy atom. The fraction of sp³-hybridized carbons (Fsp3) is 0.588. The third-order valence-electron chi connectivity index (χ3n) is 4.66. The van der Waals surface area contributed by atoms with Crippen molar-refractivity contribution < 1.29 is 18.3 Å². The monoisotopic (exact) mass is 358 g/mol. The second-order valence-corrected chi connectivity index (χ2v) is 6.84. The fourth-order valence-electron chi connectivity index (χ4n) is 3.30. The Morgan fingerprint density at radius 1 is 1.25 bits per heavy atom. The summed E-state index contributed by atoms with van der Waals surface area (Å²) in [4.78, 5) is 14.6. The molecule has 1 aromatic rings. The van der Waals surface area contributed by atoms with E-state index in [9.17, 15) is 13.6 Å². The topological polar surface area (TPSA) is 41.6 Å². The fourth-order valence-corrected chi connectivity index (χ4v) is 3.53. The highest BCUT2D eigenvalue weighted by Gasteiger charge is 2.25. The van der Waals surface area contributed by atoms with E-state index in [1.165, 1.54) is 0 Å². The van der Waals surface area contributed by atoms with Crippen molar-refractivity contribution in [3.8, 4) is 0 Å². The zero-order valence-electron chi connectivity index (χ0n) is 13.4. The Kier molecular flexibility index (Phi) is 5.69. The van der Waals surface area contributed by atoms with Gasteiger partial charge >= 0.3 is 0 Å². The first kappa shape index (κ1) is 17.6. The number of nitrogens with zero attached hydrogens (tertiary/aromatic N) is 1. The molecule has 1 atom stereocenters. The van der Waals surface area contributed by atoms with E-state index < -0.39 is 17.5 Å². The van der Waals surface area contributed by atoms with Crippen molar-refractivity contribution in [1.29, 1.82) is 0 Å². The Balaban J connectivity index is 1.50. The maximum absolute atomic E-state index is 13.3. The Morgan fingerprint density at radius 3 is 2.62 bits per heavy atom. The van der Waals surface area contributed by atoms with Crippen LogP contribution in [0, 0.1) is 11.6 Å². The lowest BCUT2D eigenvalue weighted by Gasteiger charge is -2.33. The molecule has 3 rings (SSSR count). The van der Waals surface area contributed by atoms with Crippen LogP contribution in [0.1, 0.15) is 36.0 Å². The van der Waals surface area contributed by atoms with Crippen LogP contribution in [0.2, 0.25) is 5.02 Å². The van der Waals surface area contributed by atoms with Crippen LogP contribution < -0.4 is 5.32 Å². The van der Waals surface area contributed by atoms with Crippen LogP contribution >= 0.6 is 11.6 Å². The number of piperidine rings is 1. The van der Waals surface area contributed by atoms with Crippen molar-refractivity contribution in [1.82, 2.24) is 10.2 Å². The number of hydrogen-bond acceptors (Lipinski definition) is 3. The molecule has 2 fully saturated rings. The summed E-state index contributed by atoms with van der Waals surface area (Å²) >= 11 is 5.84. The molecule has 0 bridgehead atoms.